The number of hydrogen-bond donors (Lipinski definition) is 2. The van der Waals surface area contributed by atoms with E-state index < -0.39 is 29.2 Å². The lowest BCUT2D eigenvalue weighted by molar-refractivity contribution is -0.137. The van der Waals surface area contributed by atoms with E-state index in [9.17, 15) is 26.3 Å². The summed E-state index contributed by atoms with van der Waals surface area (Å²) in [6.45, 7) is 2.81. The second-order valence-electron chi connectivity index (χ2n) is 8.67. The number of fused-ring (bicyclic) bond motifs is 1. The molecule has 35 heavy (non-hydrogen) atoms. The maximum absolute atomic E-state index is 14.3. The lowest BCUT2D eigenvalue weighted by atomic mass is 9.90. The highest BCUT2D eigenvalue weighted by Crippen LogP contribution is 2.43. The van der Waals surface area contributed by atoms with Crippen molar-refractivity contribution < 1.29 is 26.3 Å². The standard InChI is InChI=1S/C24H19F6N5/c1-11(31)13-9-35(10-13)22-16(12-4-14(24(28,29)30)6-15(25)5-12)7-32-8-17(22)23-33-20-18(26)2-3-19(27)21(20)34-23/h2-8,11,13H,9-10,31H2,1H3,(H,33,34). The van der Waals surface area contributed by atoms with E-state index in [1.807, 2.05) is 11.8 Å². The highest BCUT2D eigenvalue weighted by Gasteiger charge is 2.35. The lowest BCUT2D eigenvalue weighted by Gasteiger charge is -2.44. The second-order valence-corrected chi connectivity index (χ2v) is 8.67. The average Bonchev–Trinajstić information content (AvgIpc) is 3.21. The van der Waals surface area contributed by atoms with E-state index in [0.717, 1.165) is 24.3 Å². The van der Waals surface area contributed by atoms with Crippen molar-refractivity contribution in [2.45, 2.75) is 19.1 Å². The van der Waals surface area contributed by atoms with Crippen LogP contribution in [0.4, 0.5) is 32.0 Å². The summed E-state index contributed by atoms with van der Waals surface area (Å²) in [6, 6.07) is 4.03. The molecule has 1 saturated heterocycles. The summed E-state index contributed by atoms with van der Waals surface area (Å²) in [7, 11) is 0. The van der Waals surface area contributed by atoms with Crippen LogP contribution in [0, 0.1) is 23.4 Å². The zero-order valence-corrected chi connectivity index (χ0v) is 18.3. The number of imidazole rings is 1. The number of H-pyrrole nitrogens is 1. The van der Waals surface area contributed by atoms with Crippen LogP contribution in [-0.4, -0.2) is 34.1 Å². The predicted molar refractivity (Wildman–Crippen MR) is 119 cm³/mol. The van der Waals surface area contributed by atoms with Crippen molar-refractivity contribution in [2.24, 2.45) is 11.7 Å². The van der Waals surface area contributed by atoms with Gasteiger partial charge in [-0.05, 0) is 42.8 Å². The van der Waals surface area contributed by atoms with Crippen LogP contribution in [0.15, 0.2) is 42.7 Å². The van der Waals surface area contributed by atoms with E-state index in [2.05, 4.69) is 15.0 Å². The zero-order valence-electron chi connectivity index (χ0n) is 18.3. The number of benzene rings is 2. The topological polar surface area (TPSA) is 70.8 Å². The number of aromatic nitrogens is 3. The smallest absolute Gasteiger partial charge is 0.370 e. The van der Waals surface area contributed by atoms with Crippen molar-refractivity contribution in [1.29, 1.82) is 0 Å². The third-order valence-electron chi connectivity index (χ3n) is 6.22. The van der Waals surface area contributed by atoms with Crippen LogP contribution in [0.2, 0.25) is 0 Å². The number of rotatable bonds is 4. The van der Waals surface area contributed by atoms with Gasteiger partial charge in [0, 0.05) is 43.0 Å². The molecule has 11 heteroatoms. The number of alkyl halides is 3. The molecule has 1 unspecified atom stereocenters. The van der Waals surface area contributed by atoms with Gasteiger partial charge in [-0.25, -0.2) is 18.2 Å². The summed E-state index contributed by atoms with van der Waals surface area (Å²) in [4.78, 5) is 12.9. The summed E-state index contributed by atoms with van der Waals surface area (Å²) in [6.07, 6.45) is -2.03. The lowest BCUT2D eigenvalue weighted by Crippen LogP contribution is -2.54. The van der Waals surface area contributed by atoms with E-state index in [-0.39, 0.29) is 39.9 Å². The molecule has 1 fully saturated rings. The summed E-state index contributed by atoms with van der Waals surface area (Å²) >= 11 is 0. The highest BCUT2D eigenvalue weighted by molar-refractivity contribution is 5.91. The quantitative estimate of drug-likeness (QED) is 0.370. The van der Waals surface area contributed by atoms with Crippen molar-refractivity contribution in [3.05, 3.63) is 65.7 Å². The van der Waals surface area contributed by atoms with Crippen molar-refractivity contribution in [2.75, 3.05) is 18.0 Å². The van der Waals surface area contributed by atoms with Gasteiger partial charge in [0.2, 0.25) is 0 Å². The summed E-state index contributed by atoms with van der Waals surface area (Å²) in [5, 5.41) is 0. The van der Waals surface area contributed by atoms with E-state index in [0.29, 0.717) is 30.4 Å². The van der Waals surface area contributed by atoms with Crippen LogP contribution in [-0.2, 0) is 6.18 Å². The molecule has 0 aliphatic carbocycles. The first-order valence-corrected chi connectivity index (χ1v) is 10.7. The maximum Gasteiger partial charge on any atom is 0.416 e. The Labute approximate surface area is 195 Å². The van der Waals surface area contributed by atoms with Gasteiger partial charge in [-0.1, -0.05) is 0 Å². The molecule has 0 radical (unpaired) electrons. The Kier molecular flexibility index (Phi) is 5.47. The van der Waals surface area contributed by atoms with Gasteiger partial charge in [-0.2, -0.15) is 13.2 Å². The molecule has 0 amide bonds. The van der Waals surface area contributed by atoms with E-state index in [4.69, 9.17) is 5.73 Å². The number of halogens is 6. The van der Waals surface area contributed by atoms with Gasteiger partial charge in [0.25, 0.3) is 0 Å². The van der Waals surface area contributed by atoms with Gasteiger partial charge in [0.15, 0.2) is 5.82 Å². The largest absolute Gasteiger partial charge is 0.416 e. The Balaban J connectivity index is 1.72. The molecule has 5 nitrogen and oxygen atoms in total. The van der Waals surface area contributed by atoms with Crippen LogP contribution >= 0.6 is 0 Å². The minimum absolute atomic E-state index is 0.0422. The van der Waals surface area contributed by atoms with Gasteiger partial charge in [-0.3, -0.25) is 4.98 Å². The Morgan fingerprint density at radius 2 is 1.71 bits per heavy atom. The number of nitrogens with one attached hydrogen (secondary N) is 1. The number of hydrogen-bond acceptors (Lipinski definition) is 4. The highest BCUT2D eigenvalue weighted by atomic mass is 19.4. The van der Waals surface area contributed by atoms with Crippen LogP contribution < -0.4 is 10.6 Å². The molecule has 0 bridgehead atoms. The number of anilines is 1. The molecule has 1 aliphatic rings. The van der Waals surface area contributed by atoms with Gasteiger partial charge >= 0.3 is 6.18 Å². The SMILES string of the molecule is CC(N)C1CN(c2c(-c3cc(F)cc(C(F)(F)F)c3)cncc2-c2nc3c(F)ccc(F)c3[nH]2)C1. The van der Waals surface area contributed by atoms with Crippen LogP contribution in [0.25, 0.3) is 33.5 Å². The predicted octanol–water partition coefficient (Wildman–Crippen LogP) is 5.51. The van der Waals surface area contributed by atoms with Gasteiger partial charge in [-0.15, -0.1) is 0 Å². The van der Waals surface area contributed by atoms with Crippen LogP contribution in [0.5, 0.6) is 0 Å². The fraction of sp³-hybridized carbons (Fsp3) is 0.250. The third-order valence-corrected chi connectivity index (χ3v) is 6.22. The van der Waals surface area contributed by atoms with E-state index in [1.165, 1.54) is 12.4 Å². The molecule has 182 valence electrons. The molecule has 4 aromatic rings. The maximum atomic E-state index is 14.3. The number of nitrogens with two attached hydrogens (primary N) is 1. The van der Waals surface area contributed by atoms with Gasteiger partial charge in [0.1, 0.15) is 28.5 Å². The molecule has 0 saturated carbocycles. The van der Waals surface area contributed by atoms with Crippen molar-refractivity contribution in [3.8, 4) is 22.5 Å². The van der Waals surface area contributed by atoms with E-state index in [1.54, 1.807) is 0 Å². The van der Waals surface area contributed by atoms with Crippen LogP contribution in [0.3, 0.4) is 0 Å². The van der Waals surface area contributed by atoms with Crippen molar-refractivity contribution >= 4 is 16.7 Å². The van der Waals surface area contributed by atoms with Crippen LogP contribution in [0.1, 0.15) is 12.5 Å². The molecule has 1 atom stereocenters. The normalized spacial score (nSPS) is 15.5. The van der Waals surface area contributed by atoms with Gasteiger partial charge < -0.3 is 15.6 Å². The molecule has 2 aromatic heterocycles. The minimum Gasteiger partial charge on any atom is -0.370 e. The molecular weight excluding hydrogens is 472 g/mol. The summed E-state index contributed by atoms with van der Waals surface area (Å²) in [5.41, 5.74) is 5.36. The zero-order chi connectivity index (χ0) is 25.1. The summed E-state index contributed by atoms with van der Waals surface area (Å²) in [5.74, 6) is -2.32. The Morgan fingerprint density at radius 3 is 2.37 bits per heavy atom. The van der Waals surface area contributed by atoms with Gasteiger partial charge in [0.05, 0.1) is 16.8 Å². The molecule has 2 aromatic carbocycles. The van der Waals surface area contributed by atoms with E-state index >= 15 is 0 Å². The Bertz CT molecular complexity index is 1380. The number of pyridine rings is 1. The fourth-order valence-electron chi connectivity index (χ4n) is 4.27. The minimum atomic E-state index is -4.76. The van der Waals surface area contributed by atoms with Crippen molar-refractivity contribution in [3.63, 3.8) is 0 Å². The molecule has 0 spiro atoms. The molecule has 3 heterocycles. The molecule has 5 rings (SSSR count). The first-order valence-electron chi connectivity index (χ1n) is 10.7. The number of aromatic amines is 1. The molecule has 1 aliphatic heterocycles. The first kappa shape index (κ1) is 23.2. The second kappa shape index (κ2) is 8.26. The molecular formula is C24H19F6N5. The third kappa shape index (κ3) is 4.09. The van der Waals surface area contributed by atoms with Crippen molar-refractivity contribution in [1.82, 2.24) is 15.0 Å². The Hall–Kier alpha value is -3.60. The summed E-state index contributed by atoms with van der Waals surface area (Å²) < 4.78 is 83.0. The first-order chi connectivity index (χ1) is 16.5. The monoisotopic (exact) mass is 491 g/mol. The molecule has 3 N–H and O–H groups in total. The fourth-order valence-corrected chi connectivity index (χ4v) is 4.27. The number of nitrogens with zero attached hydrogens (tertiary/aromatic N) is 3. The average molecular weight is 491 g/mol. The Morgan fingerprint density at radius 1 is 1.03 bits per heavy atom.